The first-order chi connectivity index (χ1) is 10.2. The topological polar surface area (TPSA) is 35.3 Å². The number of ether oxygens (including phenoxy) is 1. The molecule has 21 heavy (non-hydrogen) atoms. The van der Waals surface area contributed by atoms with Gasteiger partial charge >= 0.3 is 0 Å². The van der Waals surface area contributed by atoms with Crippen LogP contribution in [0.1, 0.15) is 16.8 Å². The number of methoxy groups -OCH3 is 1. The third-order valence-electron chi connectivity index (χ3n) is 3.23. The number of alkyl halides is 1. The van der Waals surface area contributed by atoms with Gasteiger partial charge in [-0.3, -0.25) is 0 Å². The monoisotopic (exact) mass is 365 g/mol. The first-order valence-electron chi connectivity index (χ1n) is 6.49. The minimum absolute atomic E-state index is 0.248. The van der Waals surface area contributed by atoms with Crippen LogP contribution in [0, 0.1) is 0 Å². The lowest BCUT2D eigenvalue weighted by atomic mass is 10.1. The Bertz CT molecular complexity index is 739. The Morgan fingerprint density at radius 2 is 2.10 bits per heavy atom. The highest BCUT2D eigenvalue weighted by Crippen LogP contribution is 2.34. The number of hydrogen-bond acceptors (Lipinski definition) is 3. The van der Waals surface area contributed by atoms with E-state index in [-0.39, 0.29) is 5.38 Å². The van der Waals surface area contributed by atoms with Crippen molar-refractivity contribution in [3.63, 3.8) is 0 Å². The van der Waals surface area contributed by atoms with Crippen molar-refractivity contribution in [2.45, 2.75) is 11.8 Å². The molecule has 1 unspecified atom stereocenters. The molecule has 1 heterocycles. The lowest BCUT2D eigenvalue weighted by molar-refractivity contribution is 0.414. The normalized spacial score (nSPS) is 12.5. The van der Waals surface area contributed by atoms with Crippen LogP contribution in [0.4, 0.5) is 0 Å². The van der Waals surface area contributed by atoms with E-state index in [0.717, 1.165) is 26.9 Å². The number of benzene rings is 2. The molecule has 0 bridgehead atoms. The number of oxazole rings is 1. The Balaban J connectivity index is 1.87. The van der Waals surface area contributed by atoms with Crippen LogP contribution in [0.3, 0.4) is 0 Å². The predicted octanol–water partition coefficient (Wildman–Crippen LogP) is 5.12. The van der Waals surface area contributed by atoms with E-state index in [9.17, 15) is 0 Å². The van der Waals surface area contributed by atoms with Crippen molar-refractivity contribution < 1.29 is 9.15 Å². The lowest BCUT2D eigenvalue weighted by Gasteiger charge is -2.11. The van der Waals surface area contributed by atoms with Crippen molar-refractivity contribution >= 4 is 38.6 Å². The van der Waals surface area contributed by atoms with Gasteiger partial charge in [-0.25, -0.2) is 4.98 Å². The van der Waals surface area contributed by atoms with Crippen molar-refractivity contribution in [2.24, 2.45) is 0 Å². The summed E-state index contributed by atoms with van der Waals surface area (Å²) in [6.45, 7) is 0. The van der Waals surface area contributed by atoms with E-state index in [0.29, 0.717) is 12.3 Å². The minimum atomic E-state index is -0.248. The molecule has 3 aromatic rings. The van der Waals surface area contributed by atoms with Gasteiger partial charge in [0.05, 0.1) is 12.5 Å². The maximum absolute atomic E-state index is 6.52. The van der Waals surface area contributed by atoms with E-state index in [1.165, 1.54) is 0 Å². The highest BCUT2D eigenvalue weighted by Gasteiger charge is 2.17. The van der Waals surface area contributed by atoms with Gasteiger partial charge < -0.3 is 9.15 Å². The van der Waals surface area contributed by atoms with Crippen molar-refractivity contribution in [3.05, 3.63) is 58.4 Å². The van der Waals surface area contributed by atoms with E-state index >= 15 is 0 Å². The van der Waals surface area contributed by atoms with Gasteiger partial charge in [-0.15, -0.1) is 11.6 Å². The summed E-state index contributed by atoms with van der Waals surface area (Å²) < 4.78 is 11.9. The van der Waals surface area contributed by atoms with Crippen molar-refractivity contribution in [1.29, 1.82) is 0 Å². The van der Waals surface area contributed by atoms with Crippen LogP contribution in [-0.4, -0.2) is 12.1 Å². The molecule has 5 heteroatoms. The summed E-state index contributed by atoms with van der Waals surface area (Å²) in [5.41, 5.74) is 2.58. The van der Waals surface area contributed by atoms with Crippen LogP contribution in [0.25, 0.3) is 11.1 Å². The molecule has 0 aliphatic carbocycles. The molecule has 0 amide bonds. The number of hydrogen-bond donors (Lipinski definition) is 0. The molecule has 0 N–H and O–H groups in total. The molecule has 0 aliphatic rings. The minimum Gasteiger partial charge on any atom is -0.497 e. The maximum atomic E-state index is 6.52. The van der Waals surface area contributed by atoms with Gasteiger partial charge in [-0.2, -0.15) is 0 Å². The van der Waals surface area contributed by atoms with Gasteiger partial charge in [0, 0.05) is 10.9 Å². The SMILES string of the molecule is COc1ccc(Br)c(C(Cl)Cc2nc3ccccc3o2)c1. The van der Waals surface area contributed by atoms with Gasteiger partial charge in [-0.1, -0.05) is 28.1 Å². The fourth-order valence-corrected chi connectivity index (χ4v) is 3.13. The van der Waals surface area contributed by atoms with Gasteiger partial charge in [0.15, 0.2) is 11.5 Å². The smallest absolute Gasteiger partial charge is 0.197 e. The average molecular weight is 367 g/mol. The summed E-state index contributed by atoms with van der Waals surface area (Å²) in [7, 11) is 1.64. The Morgan fingerprint density at radius 1 is 1.29 bits per heavy atom. The molecular formula is C16H13BrClNO2. The summed E-state index contributed by atoms with van der Waals surface area (Å²) in [5, 5.41) is -0.248. The number of para-hydroxylation sites is 2. The zero-order valence-electron chi connectivity index (χ0n) is 11.3. The van der Waals surface area contributed by atoms with Crippen LogP contribution in [0.2, 0.25) is 0 Å². The Morgan fingerprint density at radius 3 is 2.86 bits per heavy atom. The molecule has 0 aliphatic heterocycles. The molecule has 2 aromatic carbocycles. The number of fused-ring (bicyclic) bond motifs is 1. The summed E-state index contributed by atoms with van der Waals surface area (Å²) in [6, 6.07) is 13.4. The number of nitrogens with zero attached hydrogens (tertiary/aromatic N) is 1. The highest BCUT2D eigenvalue weighted by atomic mass is 79.9. The van der Waals surface area contributed by atoms with Gasteiger partial charge in [0.2, 0.25) is 0 Å². The van der Waals surface area contributed by atoms with Crippen LogP contribution in [-0.2, 0) is 6.42 Å². The number of aromatic nitrogens is 1. The molecule has 108 valence electrons. The Labute approximate surface area is 136 Å². The Kier molecular flexibility index (Phi) is 4.17. The number of halogens is 2. The molecule has 3 nitrogen and oxygen atoms in total. The molecule has 1 aromatic heterocycles. The molecule has 0 saturated heterocycles. The first-order valence-corrected chi connectivity index (χ1v) is 7.72. The van der Waals surface area contributed by atoms with Gasteiger partial charge in [0.25, 0.3) is 0 Å². The molecule has 3 rings (SSSR count). The van der Waals surface area contributed by atoms with Crippen LogP contribution >= 0.6 is 27.5 Å². The second kappa shape index (κ2) is 6.08. The molecule has 0 radical (unpaired) electrons. The largest absolute Gasteiger partial charge is 0.497 e. The molecular weight excluding hydrogens is 354 g/mol. The fourth-order valence-electron chi connectivity index (χ4n) is 2.16. The van der Waals surface area contributed by atoms with Crippen molar-refractivity contribution in [2.75, 3.05) is 7.11 Å². The van der Waals surface area contributed by atoms with Crippen LogP contribution < -0.4 is 4.74 Å². The van der Waals surface area contributed by atoms with Gasteiger partial charge in [-0.05, 0) is 35.9 Å². The van der Waals surface area contributed by atoms with E-state index in [1.807, 2.05) is 42.5 Å². The van der Waals surface area contributed by atoms with E-state index in [4.69, 9.17) is 20.8 Å². The second-order valence-electron chi connectivity index (χ2n) is 4.63. The quantitative estimate of drug-likeness (QED) is 0.601. The lowest BCUT2D eigenvalue weighted by Crippen LogP contribution is -1.98. The average Bonchev–Trinajstić information content (AvgIpc) is 2.89. The van der Waals surface area contributed by atoms with Gasteiger partial charge in [0.1, 0.15) is 11.3 Å². The van der Waals surface area contributed by atoms with E-state index in [2.05, 4.69) is 20.9 Å². The molecule has 0 spiro atoms. The summed E-state index contributed by atoms with van der Waals surface area (Å²) in [5.74, 6) is 1.40. The summed E-state index contributed by atoms with van der Waals surface area (Å²) in [6.07, 6.45) is 0.516. The van der Waals surface area contributed by atoms with Crippen molar-refractivity contribution in [1.82, 2.24) is 4.98 Å². The van der Waals surface area contributed by atoms with Crippen molar-refractivity contribution in [3.8, 4) is 5.75 Å². The summed E-state index contributed by atoms with van der Waals surface area (Å²) >= 11 is 10.0. The fraction of sp³-hybridized carbons (Fsp3) is 0.188. The third kappa shape index (κ3) is 3.06. The zero-order valence-corrected chi connectivity index (χ0v) is 13.7. The molecule has 0 fully saturated rings. The highest BCUT2D eigenvalue weighted by molar-refractivity contribution is 9.10. The predicted molar refractivity (Wildman–Crippen MR) is 87.0 cm³/mol. The maximum Gasteiger partial charge on any atom is 0.197 e. The zero-order chi connectivity index (χ0) is 14.8. The van der Waals surface area contributed by atoms with Crippen LogP contribution in [0.5, 0.6) is 5.75 Å². The first kappa shape index (κ1) is 14.4. The Hall–Kier alpha value is -1.52. The van der Waals surface area contributed by atoms with E-state index in [1.54, 1.807) is 7.11 Å². The molecule has 1 atom stereocenters. The summed E-state index contributed by atoms with van der Waals surface area (Å²) in [4.78, 5) is 4.45. The van der Waals surface area contributed by atoms with Crippen LogP contribution in [0.15, 0.2) is 51.4 Å². The van der Waals surface area contributed by atoms with E-state index < -0.39 is 0 Å². The standard InChI is InChI=1S/C16H13BrClNO2/c1-20-10-6-7-12(17)11(8-10)13(18)9-16-19-14-4-2-3-5-15(14)21-16/h2-8,13H,9H2,1H3. The number of rotatable bonds is 4. The third-order valence-corrected chi connectivity index (χ3v) is 4.34. The molecule has 0 saturated carbocycles. The second-order valence-corrected chi connectivity index (χ2v) is 6.02.